The molecule has 0 bridgehead atoms. The second-order valence-corrected chi connectivity index (χ2v) is 6.35. The summed E-state index contributed by atoms with van der Waals surface area (Å²) in [6, 6.07) is 7.73. The number of phenols is 1. The molecule has 4 N–H and O–H groups in total. The van der Waals surface area contributed by atoms with Crippen molar-refractivity contribution in [2.45, 2.75) is 32.4 Å². The predicted octanol–water partition coefficient (Wildman–Crippen LogP) is 2.66. The van der Waals surface area contributed by atoms with Crippen molar-refractivity contribution < 1.29 is 19.4 Å². The van der Waals surface area contributed by atoms with Gasteiger partial charge >= 0.3 is 0 Å². The van der Waals surface area contributed by atoms with E-state index in [9.17, 15) is 15.0 Å². The van der Waals surface area contributed by atoms with Crippen LogP contribution in [0.15, 0.2) is 41.0 Å². The van der Waals surface area contributed by atoms with Gasteiger partial charge in [-0.15, -0.1) is 0 Å². The minimum absolute atomic E-state index is 0.0790. The third kappa shape index (κ3) is 4.84. The fraction of sp³-hybridized carbons (Fsp3) is 0.353. The average Bonchev–Trinajstić information content (AvgIpc) is 3.00. The fourth-order valence-corrected chi connectivity index (χ4v) is 1.97. The SMILES string of the molecule is CC(C)(C)NCC(O)c1ccc(O)c(NC(=O)c2ccco2)c1. The van der Waals surface area contributed by atoms with Crippen LogP contribution >= 0.6 is 0 Å². The summed E-state index contributed by atoms with van der Waals surface area (Å²) >= 11 is 0. The van der Waals surface area contributed by atoms with Crippen molar-refractivity contribution in [3.05, 3.63) is 47.9 Å². The molecule has 1 aromatic carbocycles. The van der Waals surface area contributed by atoms with Crippen LogP contribution in [-0.4, -0.2) is 28.2 Å². The lowest BCUT2D eigenvalue weighted by atomic mass is 10.1. The number of aliphatic hydroxyl groups is 1. The van der Waals surface area contributed by atoms with Gasteiger partial charge in [0.25, 0.3) is 5.91 Å². The van der Waals surface area contributed by atoms with Gasteiger partial charge in [-0.1, -0.05) is 6.07 Å². The third-order valence-corrected chi connectivity index (χ3v) is 3.22. The fourth-order valence-electron chi connectivity index (χ4n) is 1.97. The first kappa shape index (κ1) is 17.1. The van der Waals surface area contributed by atoms with E-state index < -0.39 is 12.0 Å². The maximum Gasteiger partial charge on any atom is 0.291 e. The Morgan fingerprint density at radius 1 is 1.30 bits per heavy atom. The van der Waals surface area contributed by atoms with Gasteiger partial charge in [0.15, 0.2) is 5.76 Å². The smallest absolute Gasteiger partial charge is 0.291 e. The van der Waals surface area contributed by atoms with E-state index >= 15 is 0 Å². The van der Waals surface area contributed by atoms with Crippen molar-refractivity contribution in [3.63, 3.8) is 0 Å². The molecule has 0 fully saturated rings. The Labute approximate surface area is 135 Å². The number of hydrogen-bond donors (Lipinski definition) is 4. The first-order valence-electron chi connectivity index (χ1n) is 7.37. The van der Waals surface area contributed by atoms with Crippen molar-refractivity contribution in [2.24, 2.45) is 0 Å². The number of furan rings is 1. The lowest BCUT2D eigenvalue weighted by Crippen LogP contribution is -2.38. The summed E-state index contributed by atoms with van der Waals surface area (Å²) in [4.78, 5) is 12.0. The molecule has 0 saturated heterocycles. The van der Waals surface area contributed by atoms with Crippen LogP contribution in [0.25, 0.3) is 0 Å². The molecular formula is C17H22N2O4. The van der Waals surface area contributed by atoms with E-state index in [-0.39, 0.29) is 22.7 Å². The van der Waals surface area contributed by atoms with Gasteiger partial charge in [-0.3, -0.25) is 4.79 Å². The number of phenolic OH excluding ortho intramolecular Hbond substituents is 1. The van der Waals surface area contributed by atoms with Crippen molar-refractivity contribution in [3.8, 4) is 5.75 Å². The molecule has 0 radical (unpaired) electrons. The van der Waals surface area contributed by atoms with Crippen LogP contribution < -0.4 is 10.6 Å². The van der Waals surface area contributed by atoms with Gasteiger partial charge in [0, 0.05) is 12.1 Å². The van der Waals surface area contributed by atoms with Crippen molar-refractivity contribution in [2.75, 3.05) is 11.9 Å². The second kappa shape index (κ2) is 6.85. The number of β-amino-alcohol motifs (C(OH)–C–C–N with tert-alkyl or cyclic N) is 1. The van der Waals surface area contributed by atoms with Crippen molar-refractivity contribution in [1.29, 1.82) is 0 Å². The Morgan fingerprint density at radius 2 is 2.04 bits per heavy atom. The second-order valence-electron chi connectivity index (χ2n) is 6.35. The van der Waals surface area contributed by atoms with E-state index in [0.717, 1.165) is 0 Å². The monoisotopic (exact) mass is 318 g/mol. The molecule has 1 atom stereocenters. The van der Waals surface area contributed by atoms with Crippen molar-refractivity contribution in [1.82, 2.24) is 5.32 Å². The summed E-state index contributed by atoms with van der Waals surface area (Å²) in [6.07, 6.45) is 0.640. The van der Waals surface area contributed by atoms with Gasteiger partial charge in [0.1, 0.15) is 5.75 Å². The molecule has 6 heteroatoms. The van der Waals surface area contributed by atoms with E-state index in [4.69, 9.17) is 4.42 Å². The number of benzene rings is 1. The molecule has 1 amide bonds. The van der Waals surface area contributed by atoms with Gasteiger partial charge in [0.05, 0.1) is 18.1 Å². The maximum absolute atomic E-state index is 12.0. The van der Waals surface area contributed by atoms with Crippen LogP contribution in [0.3, 0.4) is 0 Å². The summed E-state index contributed by atoms with van der Waals surface area (Å²) in [5.41, 5.74) is 0.696. The summed E-state index contributed by atoms with van der Waals surface area (Å²) in [5, 5.41) is 25.9. The Morgan fingerprint density at radius 3 is 2.65 bits per heavy atom. The quantitative estimate of drug-likeness (QED) is 0.636. The highest BCUT2D eigenvalue weighted by Crippen LogP contribution is 2.27. The summed E-state index contributed by atoms with van der Waals surface area (Å²) in [6.45, 7) is 6.38. The van der Waals surface area contributed by atoms with Gasteiger partial charge < -0.3 is 25.3 Å². The number of nitrogens with one attached hydrogen (secondary N) is 2. The number of aliphatic hydroxyl groups excluding tert-OH is 1. The molecular weight excluding hydrogens is 296 g/mol. The summed E-state index contributed by atoms with van der Waals surface area (Å²) in [5.74, 6) is -0.404. The number of rotatable bonds is 5. The van der Waals surface area contributed by atoms with Gasteiger partial charge in [0.2, 0.25) is 0 Å². The molecule has 1 unspecified atom stereocenters. The molecule has 23 heavy (non-hydrogen) atoms. The molecule has 0 aliphatic carbocycles. The maximum atomic E-state index is 12.0. The molecule has 0 saturated carbocycles. The number of carbonyl (C=O) groups excluding carboxylic acids is 1. The van der Waals surface area contributed by atoms with Crippen LogP contribution in [0, 0.1) is 0 Å². The largest absolute Gasteiger partial charge is 0.506 e. The topological polar surface area (TPSA) is 94.7 Å². The minimum Gasteiger partial charge on any atom is -0.506 e. The van der Waals surface area contributed by atoms with Crippen LogP contribution in [-0.2, 0) is 0 Å². The Bertz CT molecular complexity index is 660. The zero-order valence-electron chi connectivity index (χ0n) is 13.5. The number of carbonyl (C=O) groups is 1. The first-order chi connectivity index (χ1) is 10.8. The van der Waals surface area contributed by atoms with Gasteiger partial charge in [-0.2, -0.15) is 0 Å². The average molecular weight is 318 g/mol. The molecule has 2 aromatic rings. The van der Waals surface area contributed by atoms with E-state index in [0.29, 0.717) is 12.1 Å². The van der Waals surface area contributed by atoms with Gasteiger partial charge in [-0.25, -0.2) is 0 Å². The highest BCUT2D eigenvalue weighted by atomic mass is 16.3. The van der Waals surface area contributed by atoms with Gasteiger partial charge in [-0.05, 0) is 50.6 Å². The third-order valence-electron chi connectivity index (χ3n) is 3.22. The van der Waals surface area contributed by atoms with Crippen molar-refractivity contribution >= 4 is 11.6 Å². The molecule has 0 aliphatic rings. The van der Waals surface area contributed by atoms with E-state index in [2.05, 4.69) is 10.6 Å². The van der Waals surface area contributed by atoms with Crippen LogP contribution in [0.2, 0.25) is 0 Å². The molecule has 0 aliphatic heterocycles. The zero-order chi connectivity index (χ0) is 17.0. The number of aromatic hydroxyl groups is 1. The Balaban J connectivity index is 2.10. The predicted molar refractivity (Wildman–Crippen MR) is 87.5 cm³/mol. The number of hydrogen-bond acceptors (Lipinski definition) is 5. The highest BCUT2D eigenvalue weighted by Gasteiger charge is 2.16. The van der Waals surface area contributed by atoms with E-state index in [1.165, 1.54) is 18.4 Å². The Kier molecular flexibility index (Phi) is 5.08. The summed E-state index contributed by atoms with van der Waals surface area (Å²) in [7, 11) is 0. The molecule has 124 valence electrons. The summed E-state index contributed by atoms with van der Waals surface area (Å²) < 4.78 is 5.01. The van der Waals surface area contributed by atoms with Crippen LogP contribution in [0.4, 0.5) is 5.69 Å². The Hall–Kier alpha value is -2.31. The normalized spacial score (nSPS) is 12.9. The highest BCUT2D eigenvalue weighted by molar-refractivity contribution is 6.03. The van der Waals surface area contributed by atoms with Crippen LogP contribution in [0.5, 0.6) is 5.75 Å². The molecule has 0 spiro atoms. The standard InChI is InChI=1S/C17H22N2O4/c1-17(2,3)18-10-14(21)11-6-7-13(20)12(9-11)19-16(22)15-5-4-8-23-15/h4-9,14,18,20-21H,10H2,1-3H3,(H,19,22). The lowest BCUT2D eigenvalue weighted by molar-refractivity contribution is 0.0996. The molecule has 1 aromatic heterocycles. The first-order valence-corrected chi connectivity index (χ1v) is 7.37. The molecule has 6 nitrogen and oxygen atoms in total. The van der Waals surface area contributed by atoms with E-state index in [1.54, 1.807) is 18.2 Å². The zero-order valence-corrected chi connectivity index (χ0v) is 13.5. The van der Waals surface area contributed by atoms with E-state index in [1.807, 2.05) is 20.8 Å². The molecule has 2 rings (SSSR count). The number of anilines is 1. The van der Waals surface area contributed by atoms with Crippen LogP contribution in [0.1, 0.15) is 43.0 Å². The molecule has 1 heterocycles. The lowest BCUT2D eigenvalue weighted by Gasteiger charge is -2.23. The minimum atomic E-state index is -0.755. The number of amides is 1.